The van der Waals surface area contributed by atoms with Crippen LogP contribution in [0.15, 0.2) is 41.3 Å². The minimum absolute atomic E-state index is 0.158. The Bertz CT molecular complexity index is 1050. The van der Waals surface area contributed by atoms with Gasteiger partial charge < -0.3 is 9.64 Å². The zero-order chi connectivity index (χ0) is 23.8. The van der Waals surface area contributed by atoms with Crippen molar-refractivity contribution in [3.8, 4) is 5.75 Å². The van der Waals surface area contributed by atoms with Crippen LogP contribution in [-0.4, -0.2) is 54.8 Å². The second-order valence-electron chi connectivity index (χ2n) is 8.05. The van der Waals surface area contributed by atoms with Crippen molar-refractivity contribution in [3.05, 3.63) is 47.5 Å². The molecule has 0 radical (unpaired) electrons. The maximum Gasteiger partial charge on any atom is 0.228 e. The zero-order valence-electron chi connectivity index (χ0n) is 20.4. The number of aromatic nitrogens is 1. The summed E-state index contributed by atoms with van der Waals surface area (Å²) >= 11 is 3.40. The predicted molar refractivity (Wildman–Crippen MR) is 142 cm³/mol. The number of anilines is 1. The SMILES string of the molecule is CCN(CC)CCN(C(=O)CCCSc1ccc(OC)cc1)c1nc2c(C)c(C)ccc2s1. The molecule has 1 amide bonds. The molecule has 0 saturated carbocycles. The molecule has 2 aromatic carbocycles. The van der Waals surface area contributed by atoms with Crippen molar-refractivity contribution in [1.29, 1.82) is 0 Å². The number of thiazole rings is 1. The van der Waals surface area contributed by atoms with E-state index in [-0.39, 0.29) is 5.91 Å². The summed E-state index contributed by atoms with van der Waals surface area (Å²) in [6.45, 7) is 12.0. The lowest BCUT2D eigenvalue weighted by atomic mass is 10.1. The molecule has 0 spiro atoms. The lowest BCUT2D eigenvalue weighted by Crippen LogP contribution is -2.38. The van der Waals surface area contributed by atoms with Crippen LogP contribution in [0.5, 0.6) is 5.75 Å². The molecule has 0 aliphatic heterocycles. The molecule has 0 saturated heterocycles. The molecule has 3 rings (SSSR count). The lowest BCUT2D eigenvalue weighted by molar-refractivity contribution is -0.118. The van der Waals surface area contributed by atoms with Gasteiger partial charge in [-0.25, -0.2) is 4.98 Å². The minimum Gasteiger partial charge on any atom is -0.497 e. The monoisotopic (exact) mass is 485 g/mol. The van der Waals surface area contributed by atoms with E-state index >= 15 is 0 Å². The van der Waals surface area contributed by atoms with Crippen molar-refractivity contribution in [3.63, 3.8) is 0 Å². The van der Waals surface area contributed by atoms with Crippen molar-refractivity contribution >= 4 is 44.4 Å². The summed E-state index contributed by atoms with van der Waals surface area (Å²) in [7, 11) is 1.67. The molecule has 0 N–H and O–H groups in total. The van der Waals surface area contributed by atoms with Gasteiger partial charge in [-0.2, -0.15) is 0 Å². The third-order valence-electron chi connectivity index (χ3n) is 6.00. The Labute approximate surface area is 206 Å². The Balaban J connectivity index is 1.67. The van der Waals surface area contributed by atoms with Gasteiger partial charge in [-0.3, -0.25) is 9.69 Å². The summed E-state index contributed by atoms with van der Waals surface area (Å²) in [5.41, 5.74) is 3.45. The first kappa shape index (κ1) is 25.5. The number of benzene rings is 2. The lowest BCUT2D eigenvalue weighted by Gasteiger charge is -2.24. The molecule has 1 heterocycles. The molecular weight excluding hydrogens is 450 g/mol. The van der Waals surface area contributed by atoms with Crippen LogP contribution >= 0.6 is 23.1 Å². The van der Waals surface area contributed by atoms with E-state index in [0.29, 0.717) is 13.0 Å². The standard InChI is InChI=1S/C26H35N3O2S2/c1-6-28(7-2)16-17-29(26-27-25-20(4)19(3)10-15-23(25)33-26)24(30)9-8-18-32-22-13-11-21(31-5)12-14-22/h10-15H,6-9,16-18H2,1-5H3. The van der Waals surface area contributed by atoms with E-state index in [1.165, 1.54) is 16.0 Å². The van der Waals surface area contributed by atoms with Crippen LogP contribution in [-0.2, 0) is 4.79 Å². The summed E-state index contributed by atoms with van der Waals surface area (Å²) < 4.78 is 6.36. The highest BCUT2D eigenvalue weighted by atomic mass is 32.2. The Morgan fingerprint density at radius 2 is 1.79 bits per heavy atom. The number of methoxy groups -OCH3 is 1. The zero-order valence-corrected chi connectivity index (χ0v) is 22.0. The average molecular weight is 486 g/mol. The Hall–Kier alpha value is -2.09. The van der Waals surface area contributed by atoms with Crippen molar-refractivity contribution < 1.29 is 9.53 Å². The third-order valence-corrected chi connectivity index (χ3v) is 8.14. The number of thioether (sulfide) groups is 1. The number of likely N-dealkylation sites (N-methyl/N-ethyl adjacent to an activating group) is 1. The van der Waals surface area contributed by atoms with Crippen LogP contribution in [0.25, 0.3) is 10.2 Å². The Morgan fingerprint density at radius 3 is 2.45 bits per heavy atom. The smallest absolute Gasteiger partial charge is 0.228 e. The van der Waals surface area contributed by atoms with E-state index in [2.05, 4.69) is 56.9 Å². The molecule has 5 nitrogen and oxygen atoms in total. The normalized spacial score (nSPS) is 11.3. The molecule has 0 unspecified atom stereocenters. The molecule has 0 aliphatic carbocycles. The van der Waals surface area contributed by atoms with Crippen LogP contribution in [0.4, 0.5) is 5.13 Å². The number of rotatable bonds is 12. The van der Waals surface area contributed by atoms with E-state index in [1.807, 2.05) is 17.0 Å². The van der Waals surface area contributed by atoms with Gasteiger partial charge in [0.1, 0.15) is 5.75 Å². The summed E-state index contributed by atoms with van der Waals surface area (Å²) in [6.07, 6.45) is 1.36. The number of fused-ring (bicyclic) bond motifs is 1. The van der Waals surface area contributed by atoms with E-state index < -0.39 is 0 Å². The summed E-state index contributed by atoms with van der Waals surface area (Å²) in [5.74, 6) is 1.92. The second kappa shape index (κ2) is 12.4. The maximum atomic E-state index is 13.3. The predicted octanol–water partition coefficient (Wildman–Crippen LogP) is 6.17. The van der Waals surface area contributed by atoms with E-state index in [1.54, 1.807) is 30.2 Å². The molecular formula is C26H35N3O2S2. The van der Waals surface area contributed by atoms with E-state index in [9.17, 15) is 4.79 Å². The molecule has 0 atom stereocenters. The van der Waals surface area contributed by atoms with Crippen LogP contribution in [0.2, 0.25) is 0 Å². The number of aryl methyl sites for hydroxylation is 2. The van der Waals surface area contributed by atoms with Crippen molar-refractivity contribution in [1.82, 2.24) is 9.88 Å². The van der Waals surface area contributed by atoms with Gasteiger partial charge in [0.2, 0.25) is 5.91 Å². The summed E-state index contributed by atoms with van der Waals surface area (Å²) in [5, 5.41) is 0.818. The van der Waals surface area contributed by atoms with Gasteiger partial charge >= 0.3 is 0 Å². The van der Waals surface area contributed by atoms with Crippen molar-refractivity contribution in [2.75, 3.05) is 43.9 Å². The van der Waals surface area contributed by atoms with Crippen molar-refractivity contribution in [2.24, 2.45) is 0 Å². The first-order chi connectivity index (χ1) is 16.0. The Kier molecular flexibility index (Phi) is 9.59. The number of carbonyl (C=O) groups excluding carboxylic acids is 1. The van der Waals surface area contributed by atoms with Gasteiger partial charge in [-0.15, -0.1) is 11.8 Å². The molecule has 3 aromatic rings. The second-order valence-corrected chi connectivity index (χ2v) is 10.2. The minimum atomic E-state index is 0.158. The third kappa shape index (κ3) is 6.71. The number of carbonyl (C=O) groups is 1. The molecule has 0 bridgehead atoms. The quantitative estimate of drug-likeness (QED) is 0.227. The topological polar surface area (TPSA) is 45.7 Å². The molecule has 0 fully saturated rings. The van der Waals surface area contributed by atoms with Gasteiger partial charge in [0.05, 0.1) is 17.3 Å². The molecule has 33 heavy (non-hydrogen) atoms. The fraction of sp³-hybridized carbons (Fsp3) is 0.462. The van der Waals surface area contributed by atoms with Crippen LogP contribution in [0, 0.1) is 13.8 Å². The number of hydrogen-bond acceptors (Lipinski definition) is 6. The van der Waals surface area contributed by atoms with Crippen LogP contribution in [0.3, 0.4) is 0 Å². The van der Waals surface area contributed by atoms with Gasteiger partial charge in [0, 0.05) is 24.4 Å². The number of nitrogens with zero attached hydrogens (tertiary/aromatic N) is 3. The molecule has 1 aromatic heterocycles. The largest absolute Gasteiger partial charge is 0.497 e. The van der Waals surface area contributed by atoms with Crippen molar-refractivity contribution in [2.45, 2.75) is 45.4 Å². The fourth-order valence-corrected chi connectivity index (χ4v) is 5.58. The first-order valence-electron chi connectivity index (χ1n) is 11.6. The Morgan fingerprint density at radius 1 is 1.06 bits per heavy atom. The van der Waals surface area contributed by atoms with Gasteiger partial charge in [-0.1, -0.05) is 31.3 Å². The van der Waals surface area contributed by atoms with E-state index in [0.717, 1.165) is 52.9 Å². The highest BCUT2D eigenvalue weighted by Gasteiger charge is 2.21. The van der Waals surface area contributed by atoms with Gasteiger partial charge in [0.25, 0.3) is 0 Å². The first-order valence-corrected chi connectivity index (χ1v) is 13.4. The number of amides is 1. The van der Waals surface area contributed by atoms with Crippen LogP contribution in [0.1, 0.15) is 37.8 Å². The number of ether oxygens (including phenoxy) is 1. The average Bonchev–Trinajstić information content (AvgIpc) is 3.27. The molecule has 178 valence electrons. The maximum absolute atomic E-state index is 13.3. The fourth-order valence-electron chi connectivity index (χ4n) is 3.66. The number of hydrogen-bond donors (Lipinski definition) is 0. The van der Waals surface area contributed by atoms with E-state index in [4.69, 9.17) is 9.72 Å². The van der Waals surface area contributed by atoms with Gasteiger partial charge in [0.15, 0.2) is 5.13 Å². The molecule has 0 aliphatic rings. The summed E-state index contributed by atoms with van der Waals surface area (Å²) in [6, 6.07) is 12.3. The molecule has 7 heteroatoms. The highest BCUT2D eigenvalue weighted by molar-refractivity contribution is 7.99. The van der Waals surface area contributed by atoms with Crippen LogP contribution < -0.4 is 9.64 Å². The van der Waals surface area contributed by atoms with Gasteiger partial charge in [-0.05, 0) is 80.6 Å². The summed E-state index contributed by atoms with van der Waals surface area (Å²) in [4.78, 5) is 23.7. The highest BCUT2D eigenvalue weighted by Crippen LogP contribution is 2.32.